The van der Waals surface area contributed by atoms with E-state index in [0.29, 0.717) is 34.3 Å². The Morgan fingerprint density at radius 1 is 1.00 bits per heavy atom. The van der Waals surface area contributed by atoms with Crippen molar-refractivity contribution in [2.75, 3.05) is 29.2 Å². The fraction of sp³-hybridized carbons (Fsp3) is 0.100. The first-order valence-corrected chi connectivity index (χ1v) is 8.60. The van der Waals surface area contributed by atoms with Gasteiger partial charge in [0.1, 0.15) is 5.69 Å². The van der Waals surface area contributed by atoms with Crippen LogP contribution in [-0.4, -0.2) is 35.9 Å². The minimum absolute atomic E-state index is 0.118. The van der Waals surface area contributed by atoms with Crippen LogP contribution in [0, 0.1) is 0 Å². The second-order valence-corrected chi connectivity index (χ2v) is 6.41. The van der Waals surface area contributed by atoms with Gasteiger partial charge in [-0.1, -0.05) is 12.1 Å². The summed E-state index contributed by atoms with van der Waals surface area (Å²) in [5.41, 5.74) is 8.38. The van der Waals surface area contributed by atoms with Gasteiger partial charge < -0.3 is 20.9 Å². The third-order valence-corrected chi connectivity index (χ3v) is 4.66. The normalized spacial score (nSPS) is 12.9. The lowest BCUT2D eigenvalue weighted by atomic mass is 10.1. The van der Waals surface area contributed by atoms with Crippen LogP contribution in [0.1, 0.15) is 20.7 Å². The van der Waals surface area contributed by atoms with Gasteiger partial charge in [0.15, 0.2) is 5.82 Å². The molecular formula is C20H18N6O2. The van der Waals surface area contributed by atoms with Crippen LogP contribution in [0.25, 0.3) is 0 Å². The average Bonchev–Trinajstić information content (AvgIpc) is 2.79. The number of carbonyl (C=O) groups is 2. The summed E-state index contributed by atoms with van der Waals surface area (Å²) < 4.78 is 0. The van der Waals surface area contributed by atoms with Crippen molar-refractivity contribution in [2.24, 2.45) is 5.73 Å². The van der Waals surface area contributed by atoms with Crippen molar-refractivity contribution in [3.05, 3.63) is 65.9 Å². The first kappa shape index (κ1) is 17.5. The molecule has 140 valence electrons. The molecule has 0 bridgehead atoms. The van der Waals surface area contributed by atoms with E-state index in [-0.39, 0.29) is 5.91 Å². The molecule has 0 unspecified atom stereocenters. The smallest absolute Gasteiger partial charge is 0.260 e. The van der Waals surface area contributed by atoms with E-state index in [0.717, 1.165) is 5.69 Å². The van der Waals surface area contributed by atoms with E-state index in [1.54, 1.807) is 48.5 Å². The Bertz CT molecular complexity index is 1080. The Balaban J connectivity index is 1.72. The zero-order valence-electron chi connectivity index (χ0n) is 15.4. The zero-order chi connectivity index (χ0) is 19.8. The summed E-state index contributed by atoms with van der Waals surface area (Å²) >= 11 is 0. The lowest BCUT2D eigenvalue weighted by Gasteiger charge is -2.21. The Kier molecular flexibility index (Phi) is 4.15. The van der Waals surface area contributed by atoms with Crippen molar-refractivity contribution < 1.29 is 9.59 Å². The first-order valence-electron chi connectivity index (χ1n) is 8.60. The number of aromatic nitrogens is 2. The number of fused-ring (bicyclic) bond motifs is 2. The third kappa shape index (κ3) is 2.90. The lowest BCUT2D eigenvalue weighted by Crippen LogP contribution is -2.25. The molecular weight excluding hydrogens is 356 g/mol. The Hall–Kier alpha value is -3.94. The highest BCUT2D eigenvalue weighted by Gasteiger charge is 2.28. The van der Waals surface area contributed by atoms with Crippen LogP contribution in [-0.2, 0) is 0 Å². The Labute approximate surface area is 161 Å². The predicted octanol–water partition coefficient (Wildman–Crippen LogP) is 2.68. The zero-order valence-corrected chi connectivity index (χ0v) is 15.4. The summed E-state index contributed by atoms with van der Waals surface area (Å²) in [6.07, 6.45) is 1.61. The number of para-hydroxylation sites is 1. The van der Waals surface area contributed by atoms with E-state index >= 15 is 0 Å². The second-order valence-electron chi connectivity index (χ2n) is 6.41. The highest BCUT2D eigenvalue weighted by molar-refractivity contribution is 6.13. The minimum atomic E-state index is -0.485. The molecule has 0 saturated carbocycles. The summed E-state index contributed by atoms with van der Waals surface area (Å²) in [6, 6.07) is 14.1. The monoisotopic (exact) mass is 374 g/mol. The average molecular weight is 374 g/mol. The van der Waals surface area contributed by atoms with Crippen molar-refractivity contribution >= 4 is 40.6 Å². The summed E-state index contributed by atoms with van der Waals surface area (Å²) in [4.78, 5) is 36.4. The summed E-state index contributed by atoms with van der Waals surface area (Å²) in [7, 11) is 3.57. The SMILES string of the molecule is CN1C(=O)c2ccccc2N(C)c2nc(Nc3ccc(C(N)=O)cc3)ncc21. The Morgan fingerprint density at radius 3 is 2.43 bits per heavy atom. The lowest BCUT2D eigenvalue weighted by molar-refractivity contribution is 0.0988. The van der Waals surface area contributed by atoms with E-state index in [1.807, 2.05) is 30.1 Å². The molecule has 28 heavy (non-hydrogen) atoms. The molecule has 1 aromatic heterocycles. The highest BCUT2D eigenvalue weighted by atomic mass is 16.2. The van der Waals surface area contributed by atoms with Gasteiger partial charge in [0, 0.05) is 25.3 Å². The number of rotatable bonds is 3. The number of amides is 2. The molecule has 3 aromatic rings. The molecule has 1 aliphatic heterocycles. The standard InChI is InChI=1S/C20H18N6O2/c1-25-15-6-4-3-5-14(15)19(28)26(2)16-11-22-20(24-18(16)25)23-13-9-7-12(8-10-13)17(21)27/h3-11H,1-2H3,(H2,21,27)(H,22,23,24). The molecule has 2 amide bonds. The van der Waals surface area contributed by atoms with Gasteiger partial charge in [0.25, 0.3) is 5.91 Å². The van der Waals surface area contributed by atoms with E-state index in [4.69, 9.17) is 5.73 Å². The maximum Gasteiger partial charge on any atom is 0.260 e. The first-order chi connectivity index (χ1) is 13.5. The second kappa shape index (κ2) is 6.66. The van der Waals surface area contributed by atoms with Crippen molar-refractivity contribution in [3.8, 4) is 0 Å². The van der Waals surface area contributed by atoms with Gasteiger partial charge in [-0.3, -0.25) is 9.59 Å². The van der Waals surface area contributed by atoms with Crippen LogP contribution in [0.3, 0.4) is 0 Å². The number of hydrogen-bond acceptors (Lipinski definition) is 6. The van der Waals surface area contributed by atoms with E-state index in [2.05, 4.69) is 15.3 Å². The molecule has 0 spiro atoms. The van der Waals surface area contributed by atoms with E-state index in [9.17, 15) is 9.59 Å². The molecule has 0 atom stereocenters. The maximum atomic E-state index is 12.8. The molecule has 0 fully saturated rings. The van der Waals surface area contributed by atoms with Gasteiger partial charge in [0.05, 0.1) is 17.4 Å². The molecule has 1 aliphatic rings. The quantitative estimate of drug-likeness (QED) is 0.730. The van der Waals surface area contributed by atoms with Crippen molar-refractivity contribution in [3.63, 3.8) is 0 Å². The van der Waals surface area contributed by atoms with Gasteiger partial charge in [-0.05, 0) is 36.4 Å². The number of hydrogen-bond donors (Lipinski definition) is 2. The molecule has 8 heteroatoms. The van der Waals surface area contributed by atoms with E-state index < -0.39 is 5.91 Å². The molecule has 4 rings (SSSR count). The minimum Gasteiger partial charge on any atom is -0.366 e. The molecule has 0 aliphatic carbocycles. The fourth-order valence-corrected chi connectivity index (χ4v) is 3.11. The van der Waals surface area contributed by atoms with Gasteiger partial charge in [-0.2, -0.15) is 4.98 Å². The number of carbonyl (C=O) groups excluding carboxylic acids is 2. The molecule has 8 nitrogen and oxygen atoms in total. The molecule has 0 saturated heterocycles. The van der Waals surface area contributed by atoms with Crippen molar-refractivity contribution in [1.82, 2.24) is 9.97 Å². The van der Waals surface area contributed by atoms with Crippen molar-refractivity contribution in [2.45, 2.75) is 0 Å². The van der Waals surface area contributed by atoms with Gasteiger partial charge in [-0.15, -0.1) is 0 Å². The van der Waals surface area contributed by atoms with Crippen LogP contribution in [0.2, 0.25) is 0 Å². The van der Waals surface area contributed by atoms with Gasteiger partial charge >= 0.3 is 0 Å². The highest BCUT2D eigenvalue weighted by Crippen LogP contribution is 2.37. The largest absolute Gasteiger partial charge is 0.366 e. The van der Waals surface area contributed by atoms with E-state index in [1.165, 1.54) is 0 Å². The van der Waals surface area contributed by atoms with Crippen molar-refractivity contribution in [1.29, 1.82) is 0 Å². The number of nitrogens with zero attached hydrogens (tertiary/aromatic N) is 4. The number of primary amides is 1. The van der Waals surface area contributed by atoms with Crippen LogP contribution in [0.5, 0.6) is 0 Å². The number of nitrogens with two attached hydrogens (primary N) is 1. The maximum absolute atomic E-state index is 12.8. The molecule has 3 N–H and O–H groups in total. The van der Waals surface area contributed by atoms with Crippen LogP contribution < -0.4 is 20.9 Å². The molecule has 2 heterocycles. The third-order valence-electron chi connectivity index (χ3n) is 4.66. The molecule has 0 radical (unpaired) electrons. The summed E-state index contributed by atoms with van der Waals surface area (Å²) in [5, 5.41) is 3.11. The fourth-order valence-electron chi connectivity index (χ4n) is 3.11. The van der Waals surface area contributed by atoms with Crippen LogP contribution in [0.15, 0.2) is 54.7 Å². The predicted molar refractivity (Wildman–Crippen MR) is 108 cm³/mol. The number of anilines is 5. The number of nitrogens with one attached hydrogen (secondary N) is 1. The summed E-state index contributed by atoms with van der Waals surface area (Å²) in [5.74, 6) is 0.373. The van der Waals surface area contributed by atoms with Crippen LogP contribution in [0.4, 0.5) is 28.8 Å². The number of benzene rings is 2. The molecule has 2 aromatic carbocycles. The van der Waals surface area contributed by atoms with Gasteiger partial charge in [0.2, 0.25) is 11.9 Å². The Morgan fingerprint density at radius 2 is 1.71 bits per heavy atom. The van der Waals surface area contributed by atoms with Crippen LogP contribution >= 0.6 is 0 Å². The van der Waals surface area contributed by atoms with Gasteiger partial charge in [-0.25, -0.2) is 4.98 Å². The summed E-state index contributed by atoms with van der Waals surface area (Å²) in [6.45, 7) is 0. The topological polar surface area (TPSA) is 104 Å².